The van der Waals surface area contributed by atoms with Crippen molar-refractivity contribution in [2.45, 2.75) is 26.3 Å². The Morgan fingerprint density at radius 3 is 3.00 bits per heavy atom. The van der Waals surface area contributed by atoms with Crippen LogP contribution in [0.15, 0.2) is 12.2 Å². The second kappa shape index (κ2) is 7.06. The first-order valence-corrected chi connectivity index (χ1v) is 6.04. The first-order chi connectivity index (χ1) is 8.19. The topological polar surface area (TPSA) is 58.6 Å². The maximum atomic E-state index is 11.6. The average Bonchev–Trinajstić information content (AvgIpc) is 2.29. The molecule has 0 saturated carbocycles. The maximum Gasteiger partial charge on any atom is 0.330 e. The monoisotopic (exact) mass is 240 g/mol. The van der Waals surface area contributed by atoms with Crippen molar-refractivity contribution in [3.05, 3.63) is 12.2 Å². The van der Waals surface area contributed by atoms with Gasteiger partial charge in [-0.1, -0.05) is 13.0 Å². The van der Waals surface area contributed by atoms with Crippen molar-refractivity contribution in [3.8, 4) is 0 Å². The third kappa shape index (κ3) is 4.19. The first kappa shape index (κ1) is 13.7. The van der Waals surface area contributed by atoms with Crippen molar-refractivity contribution in [2.24, 2.45) is 0 Å². The van der Waals surface area contributed by atoms with Crippen LogP contribution in [-0.4, -0.2) is 49.1 Å². The minimum absolute atomic E-state index is 0.0725. The van der Waals surface area contributed by atoms with Crippen LogP contribution in [0.4, 0.5) is 0 Å². The summed E-state index contributed by atoms with van der Waals surface area (Å²) in [4.78, 5) is 24.7. The van der Waals surface area contributed by atoms with Gasteiger partial charge in [0.1, 0.15) is 0 Å². The highest BCUT2D eigenvalue weighted by atomic mass is 16.5. The van der Waals surface area contributed by atoms with Crippen LogP contribution < -0.4 is 5.32 Å². The Hall–Kier alpha value is -1.36. The lowest BCUT2D eigenvalue weighted by atomic mass is 10.1. The number of hydrogen-bond acceptors (Lipinski definition) is 4. The molecule has 5 nitrogen and oxygen atoms in total. The fourth-order valence-corrected chi connectivity index (χ4v) is 1.90. The summed E-state index contributed by atoms with van der Waals surface area (Å²) in [5, 5.41) is 2.84. The second-order valence-electron chi connectivity index (χ2n) is 3.86. The zero-order chi connectivity index (χ0) is 12.7. The lowest BCUT2D eigenvalue weighted by Crippen LogP contribution is -2.54. The van der Waals surface area contributed by atoms with Crippen LogP contribution in [0.5, 0.6) is 0 Å². The summed E-state index contributed by atoms with van der Waals surface area (Å²) in [7, 11) is 0. The largest absolute Gasteiger partial charge is 0.463 e. The number of nitrogens with one attached hydrogen (secondary N) is 1. The van der Waals surface area contributed by atoms with Gasteiger partial charge in [-0.3, -0.25) is 9.69 Å². The number of carbonyl (C=O) groups is 2. The summed E-state index contributed by atoms with van der Waals surface area (Å²) >= 11 is 0. The Kier molecular flexibility index (Phi) is 5.69. The molecule has 0 aromatic heterocycles. The van der Waals surface area contributed by atoms with E-state index in [2.05, 4.69) is 10.2 Å². The Morgan fingerprint density at radius 2 is 2.35 bits per heavy atom. The Balaban J connectivity index is 2.44. The van der Waals surface area contributed by atoms with Crippen LogP contribution in [-0.2, 0) is 14.3 Å². The summed E-state index contributed by atoms with van der Waals surface area (Å²) < 4.78 is 4.78. The summed E-state index contributed by atoms with van der Waals surface area (Å²) in [6.45, 7) is 6.23. The molecule has 17 heavy (non-hydrogen) atoms. The first-order valence-electron chi connectivity index (χ1n) is 6.04. The molecule has 1 N–H and O–H groups in total. The molecule has 0 radical (unpaired) electrons. The number of carbonyl (C=O) groups excluding carboxylic acids is 2. The SMILES string of the molecule is CCOC(=O)/C=C/CN1CCNC(=O)C1CC. The molecule has 1 saturated heterocycles. The smallest absolute Gasteiger partial charge is 0.330 e. The Labute approximate surface area is 102 Å². The van der Waals surface area contributed by atoms with Gasteiger partial charge in [-0.25, -0.2) is 4.79 Å². The molecule has 1 atom stereocenters. The van der Waals surface area contributed by atoms with E-state index < -0.39 is 0 Å². The number of esters is 1. The quantitative estimate of drug-likeness (QED) is 0.555. The van der Waals surface area contributed by atoms with Gasteiger partial charge in [0.2, 0.25) is 5.91 Å². The number of amides is 1. The average molecular weight is 240 g/mol. The van der Waals surface area contributed by atoms with Crippen molar-refractivity contribution in [2.75, 3.05) is 26.2 Å². The Morgan fingerprint density at radius 1 is 1.59 bits per heavy atom. The van der Waals surface area contributed by atoms with E-state index in [1.165, 1.54) is 6.08 Å². The van der Waals surface area contributed by atoms with Crippen molar-refractivity contribution >= 4 is 11.9 Å². The molecule has 0 aromatic rings. The van der Waals surface area contributed by atoms with E-state index in [0.29, 0.717) is 19.7 Å². The third-order valence-corrected chi connectivity index (χ3v) is 2.71. The van der Waals surface area contributed by atoms with Gasteiger partial charge in [0.15, 0.2) is 0 Å². The van der Waals surface area contributed by atoms with Gasteiger partial charge in [-0.15, -0.1) is 0 Å². The lowest BCUT2D eigenvalue weighted by molar-refractivity contribution is -0.137. The van der Waals surface area contributed by atoms with Crippen LogP contribution in [0.3, 0.4) is 0 Å². The molecule has 0 aromatic carbocycles. The lowest BCUT2D eigenvalue weighted by Gasteiger charge is -2.33. The predicted octanol–water partition coefficient (Wildman–Crippen LogP) is 0.316. The zero-order valence-electron chi connectivity index (χ0n) is 10.4. The minimum atomic E-state index is -0.331. The van der Waals surface area contributed by atoms with Gasteiger partial charge in [-0.2, -0.15) is 0 Å². The van der Waals surface area contributed by atoms with Crippen molar-refractivity contribution in [3.63, 3.8) is 0 Å². The molecule has 1 unspecified atom stereocenters. The van der Waals surface area contributed by atoms with E-state index in [1.807, 2.05) is 6.92 Å². The second-order valence-corrected chi connectivity index (χ2v) is 3.86. The standard InChI is InChI=1S/C12H20N2O3/c1-3-10-12(16)13-7-9-14(10)8-5-6-11(15)17-4-2/h5-6,10H,3-4,7-9H2,1-2H3,(H,13,16)/b6-5+. The highest BCUT2D eigenvalue weighted by molar-refractivity contribution is 5.83. The van der Waals surface area contributed by atoms with Crippen molar-refractivity contribution in [1.29, 1.82) is 0 Å². The van der Waals surface area contributed by atoms with E-state index in [0.717, 1.165) is 13.0 Å². The predicted molar refractivity (Wildman–Crippen MR) is 64.4 cm³/mol. The number of piperazine rings is 1. The van der Waals surface area contributed by atoms with Gasteiger partial charge in [0.05, 0.1) is 12.6 Å². The molecule has 0 aliphatic carbocycles. The number of ether oxygens (including phenoxy) is 1. The van der Waals surface area contributed by atoms with Crippen LogP contribution in [0.25, 0.3) is 0 Å². The fraction of sp³-hybridized carbons (Fsp3) is 0.667. The molecular formula is C12H20N2O3. The van der Waals surface area contributed by atoms with E-state index in [1.54, 1.807) is 13.0 Å². The van der Waals surface area contributed by atoms with Gasteiger partial charge in [0.25, 0.3) is 0 Å². The normalized spacial score (nSPS) is 21.5. The molecule has 5 heteroatoms. The minimum Gasteiger partial charge on any atom is -0.463 e. The molecular weight excluding hydrogens is 220 g/mol. The fourth-order valence-electron chi connectivity index (χ4n) is 1.90. The highest BCUT2D eigenvalue weighted by Crippen LogP contribution is 2.07. The summed E-state index contributed by atoms with van der Waals surface area (Å²) in [6.07, 6.45) is 3.95. The van der Waals surface area contributed by atoms with Gasteiger partial charge in [0, 0.05) is 25.7 Å². The van der Waals surface area contributed by atoms with E-state index in [9.17, 15) is 9.59 Å². The maximum absolute atomic E-state index is 11.6. The van der Waals surface area contributed by atoms with Crippen LogP contribution in [0.1, 0.15) is 20.3 Å². The van der Waals surface area contributed by atoms with Gasteiger partial charge < -0.3 is 10.1 Å². The molecule has 0 bridgehead atoms. The van der Waals surface area contributed by atoms with E-state index >= 15 is 0 Å². The van der Waals surface area contributed by atoms with Crippen LogP contribution in [0, 0.1) is 0 Å². The van der Waals surface area contributed by atoms with Crippen molar-refractivity contribution in [1.82, 2.24) is 10.2 Å². The zero-order valence-corrected chi connectivity index (χ0v) is 10.4. The molecule has 1 rings (SSSR count). The molecule has 1 aliphatic rings. The third-order valence-electron chi connectivity index (χ3n) is 2.71. The number of nitrogens with zero attached hydrogens (tertiary/aromatic N) is 1. The summed E-state index contributed by atoms with van der Waals surface area (Å²) in [6, 6.07) is -0.0874. The molecule has 96 valence electrons. The molecule has 1 aliphatic heterocycles. The summed E-state index contributed by atoms with van der Waals surface area (Å²) in [5.41, 5.74) is 0. The molecule has 0 spiro atoms. The van der Waals surface area contributed by atoms with E-state index in [4.69, 9.17) is 4.74 Å². The van der Waals surface area contributed by atoms with Crippen LogP contribution >= 0.6 is 0 Å². The number of rotatable bonds is 5. The molecule has 1 heterocycles. The van der Waals surface area contributed by atoms with E-state index in [-0.39, 0.29) is 17.9 Å². The van der Waals surface area contributed by atoms with Crippen LogP contribution in [0.2, 0.25) is 0 Å². The van der Waals surface area contributed by atoms with Gasteiger partial charge in [-0.05, 0) is 13.3 Å². The molecule has 1 amide bonds. The molecule has 1 fully saturated rings. The highest BCUT2D eigenvalue weighted by Gasteiger charge is 2.26. The summed E-state index contributed by atoms with van der Waals surface area (Å²) in [5.74, 6) is -0.259. The van der Waals surface area contributed by atoms with Crippen molar-refractivity contribution < 1.29 is 14.3 Å². The van der Waals surface area contributed by atoms with Gasteiger partial charge >= 0.3 is 5.97 Å². The number of hydrogen-bond donors (Lipinski definition) is 1. The Bertz CT molecular complexity index is 302.